The van der Waals surface area contributed by atoms with Crippen molar-refractivity contribution in [3.63, 3.8) is 0 Å². The van der Waals surface area contributed by atoms with Crippen LogP contribution in [0.4, 0.5) is 13.2 Å². The molecule has 29 heavy (non-hydrogen) atoms. The maximum Gasteiger partial charge on any atom is 0.433 e. The molecule has 0 fully saturated rings. The SMILES string of the molecule is Cc1ccc(Oc2cc(C(F)(F)F)nc(SCc3cccc(C#N)c3)n2)cc1C. The summed E-state index contributed by atoms with van der Waals surface area (Å²) in [6, 6.07) is 14.9. The zero-order chi connectivity index (χ0) is 21.0. The Balaban J connectivity index is 1.87. The minimum absolute atomic E-state index is 0.0546. The molecule has 2 aromatic carbocycles. The molecule has 3 rings (SSSR count). The largest absolute Gasteiger partial charge is 0.439 e. The van der Waals surface area contributed by atoms with E-state index in [-0.39, 0.29) is 11.0 Å². The van der Waals surface area contributed by atoms with Crippen LogP contribution in [0.15, 0.2) is 53.7 Å². The molecule has 0 atom stereocenters. The summed E-state index contributed by atoms with van der Waals surface area (Å²) in [6.45, 7) is 3.82. The van der Waals surface area contributed by atoms with Gasteiger partial charge in [0.2, 0.25) is 5.88 Å². The number of benzene rings is 2. The molecule has 0 N–H and O–H groups in total. The van der Waals surface area contributed by atoms with E-state index in [0.29, 0.717) is 17.1 Å². The van der Waals surface area contributed by atoms with Crippen molar-refractivity contribution >= 4 is 11.8 Å². The number of nitrogens with zero attached hydrogens (tertiary/aromatic N) is 3. The predicted molar refractivity (Wildman–Crippen MR) is 104 cm³/mol. The maximum atomic E-state index is 13.3. The van der Waals surface area contributed by atoms with Crippen molar-refractivity contribution in [2.75, 3.05) is 0 Å². The number of ether oxygens (including phenoxy) is 1. The predicted octanol–water partition coefficient (Wildman–Crippen LogP) is 6.07. The third-order valence-corrected chi connectivity index (χ3v) is 5.02. The second-order valence-electron chi connectivity index (χ2n) is 6.32. The van der Waals surface area contributed by atoms with Crippen LogP contribution in [0.3, 0.4) is 0 Å². The summed E-state index contributed by atoms with van der Waals surface area (Å²) >= 11 is 1.04. The topological polar surface area (TPSA) is 58.8 Å². The molecule has 0 saturated carbocycles. The van der Waals surface area contributed by atoms with Gasteiger partial charge >= 0.3 is 6.18 Å². The Morgan fingerprint density at radius 2 is 1.83 bits per heavy atom. The van der Waals surface area contributed by atoms with Gasteiger partial charge < -0.3 is 4.74 Å². The van der Waals surface area contributed by atoms with Crippen LogP contribution in [0, 0.1) is 25.2 Å². The summed E-state index contributed by atoms with van der Waals surface area (Å²) in [6.07, 6.45) is -4.62. The summed E-state index contributed by atoms with van der Waals surface area (Å²) < 4.78 is 45.4. The van der Waals surface area contributed by atoms with Crippen molar-refractivity contribution in [3.8, 4) is 17.7 Å². The van der Waals surface area contributed by atoms with Crippen LogP contribution in [0.25, 0.3) is 0 Å². The highest BCUT2D eigenvalue weighted by molar-refractivity contribution is 7.98. The molecule has 0 bridgehead atoms. The van der Waals surface area contributed by atoms with Crippen molar-refractivity contribution in [3.05, 3.63) is 76.5 Å². The van der Waals surface area contributed by atoms with Gasteiger partial charge in [0.05, 0.1) is 11.6 Å². The van der Waals surface area contributed by atoms with E-state index >= 15 is 0 Å². The van der Waals surface area contributed by atoms with Crippen molar-refractivity contribution < 1.29 is 17.9 Å². The fourth-order valence-corrected chi connectivity index (χ4v) is 3.24. The molecule has 8 heteroatoms. The number of hydrogen-bond donors (Lipinski definition) is 0. The molecule has 1 aromatic heterocycles. The molecule has 0 amide bonds. The van der Waals surface area contributed by atoms with Gasteiger partial charge in [0.25, 0.3) is 0 Å². The highest BCUT2D eigenvalue weighted by atomic mass is 32.2. The van der Waals surface area contributed by atoms with Gasteiger partial charge in [-0.1, -0.05) is 30.0 Å². The molecule has 4 nitrogen and oxygen atoms in total. The molecular weight excluding hydrogens is 399 g/mol. The van der Waals surface area contributed by atoms with Crippen LogP contribution in [-0.4, -0.2) is 9.97 Å². The van der Waals surface area contributed by atoms with E-state index in [9.17, 15) is 13.2 Å². The zero-order valence-corrected chi connectivity index (χ0v) is 16.4. The Bertz CT molecular complexity index is 1080. The van der Waals surface area contributed by atoms with Gasteiger partial charge in [0, 0.05) is 11.8 Å². The molecule has 0 aliphatic rings. The fourth-order valence-electron chi connectivity index (χ4n) is 2.44. The first kappa shape index (κ1) is 20.7. The molecule has 0 saturated heterocycles. The van der Waals surface area contributed by atoms with E-state index in [0.717, 1.165) is 34.5 Å². The smallest absolute Gasteiger partial charge is 0.433 e. The van der Waals surface area contributed by atoms with Crippen LogP contribution >= 0.6 is 11.8 Å². The summed E-state index contributed by atoms with van der Waals surface area (Å²) in [7, 11) is 0. The third-order valence-electron chi connectivity index (χ3n) is 4.10. The third kappa shape index (κ3) is 5.48. The van der Waals surface area contributed by atoms with Crippen molar-refractivity contribution in [1.29, 1.82) is 5.26 Å². The van der Waals surface area contributed by atoms with Crippen LogP contribution in [0.5, 0.6) is 11.6 Å². The fraction of sp³-hybridized carbons (Fsp3) is 0.190. The van der Waals surface area contributed by atoms with Gasteiger partial charge in [-0.05, 0) is 54.8 Å². The van der Waals surface area contributed by atoms with Crippen molar-refractivity contribution in [1.82, 2.24) is 9.97 Å². The summed E-state index contributed by atoms with van der Waals surface area (Å²) in [4.78, 5) is 7.73. The molecule has 148 valence electrons. The second-order valence-corrected chi connectivity index (χ2v) is 7.26. The van der Waals surface area contributed by atoms with E-state index in [4.69, 9.17) is 10.00 Å². The van der Waals surface area contributed by atoms with Gasteiger partial charge in [-0.3, -0.25) is 0 Å². The Morgan fingerprint density at radius 3 is 2.52 bits per heavy atom. The monoisotopic (exact) mass is 415 g/mol. The van der Waals surface area contributed by atoms with Crippen LogP contribution in [0.2, 0.25) is 0 Å². The maximum absolute atomic E-state index is 13.3. The zero-order valence-electron chi connectivity index (χ0n) is 15.6. The number of aryl methyl sites for hydroxylation is 2. The van der Waals surface area contributed by atoms with E-state index in [1.807, 2.05) is 26.0 Å². The molecule has 3 aromatic rings. The van der Waals surface area contributed by atoms with E-state index in [1.165, 1.54) is 0 Å². The van der Waals surface area contributed by atoms with E-state index in [1.54, 1.807) is 36.4 Å². The molecular formula is C21H16F3N3OS. The molecule has 0 spiro atoms. The minimum atomic E-state index is -4.62. The van der Waals surface area contributed by atoms with E-state index in [2.05, 4.69) is 9.97 Å². The quantitative estimate of drug-likeness (QED) is 0.374. The Morgan fingerprint density at radius 1 is 1.03 bits per heavy atom. The van der Waals surface area contributed by atoms with Crippen LogP contribution in [0.1, 0.15) is 27.9 Å². The van der Waals surface area contributed by atoms with Gasteiger partial charge in [0.15, 0.2) is 10.9 Å². The number of aromatic nitrogens is 2. The first-order valence-electron chi connectivity index (χ1n) is 8.58. The number of halogens is 3. The van der Waals surface area contributed by atoms with Crippen LogP contribution in [-0.2, 0) is 11.9 Å². The molecule has 0 radical (unpaired) electrons. The average Bonchev–Trinajstić information content (AvgIpc) is 2.68. The standard InChI is InChI=1S/C21H16F3N3OS/c1-13-6-7-17(8-14(13)2)28-19-10-18(21(22,23)24)26-20(27-19)29-12-16-5-3-4-15(9-16)11-25/h3-10H,12H2,1-2H3. The minimum Gasteiger partial charge on any atom is -0.439 e. The van der Waals surface area contributed by atoms with Gasteiger partial charge in [-0.15, -0.1) is 0 Å². The molecule has 0 unspecified atom stereocenters. The molecule has 0 aliphatic heterocycles. The Kier molecular flexibility index (Phi) is 6.09. The molecule has 1 heterocycles. The summed E-state index contributed by atoms with van der Waals surface area (Å²) in [5.74, 6) is 0.543. The average molecular weight is 415 g/mol. The van der Waals surface area contributed by atoms with Gasteiger partial charge in [0.1, 0.15) is 5.75 Å². The first-order chi connectivity index (χ1) is 13.7. The normalized spacial score (nSPS) is 11.2. The number of alkyl halides is 3. The highest BCUT2D eigenvalue weighted by Crippen LogP contribution is 2.33. The van der Waals surface area contributed by atoms with Gasteiger partial charge in [-0.25, -0.2) is 4.98 Å². The Hall–Kier alpha value is -3.05. The number of thioether (sulfide) groups is 1. The number of rotatable bonds is 5. The van der Waals surface area contributed by atoms with Crippen LogP contribution < -0.4 is 4.74 Å². The lowest BCUT2D eigenvalue weighted by Crippen LogP contribution is -2.10. The summed E-state index contributed by atoms with van der Waals surface area (Å²) in [5, 5.41) is 8.91. The van der Waals surface area contributed by atoms with Crippen molar-refractivity contribution in [2.45, 2.75) is 30.9 Å². The van der Waals surface area contributed by atoms with Gasteiger partial charge in [-0.2, -0.15) is 23.4 Å². The number of hydrogen-bond acceptors (Lipinski definition) is 5. The summed E-state index contributed by atoms with van der Waals surface area (Å²) in [5.41, 5.74) is 2.20. The lowest BCUT2D eigenvalue weighted by molar-refractivity contribution is -0.141. The van der Waals surface area contributed by atoms with E-state index < -0.39 is 11.9 Å². The highest BCUT2D eigenvalue weighted by Gasteiger charge is 2.34. The molecule has 0 aliphatic carbocycles. The first-order valence-corrected chi connectivity index (χ1v) is 9.56. The lowest BCUT2D eigenvalue weighted by Gasteiger charge is -2.12. The van der Waals surface area contributed by atoms with Crippen molar-refractivity contribution in [2.24, 2.45) is 0 Å². The second kappa shape index (κ2) is 8.53. The number of nitriles is 1. The lowest BCUT2D eigenvalue weighted by atomic mass is 10.1. The Labute approximate surface area is 170 Å².